The minimum atomic E-state index is -0.907. The van der Waals surface area contributed by atoms with Crippen molar-refractivity contribution in [3.8, 4) is 0 Å². The minimum Gasteiger partial charge on any atom is -0.481 e. The van der Waals surface area contributed by atoms with Crippen LogP contribution in [0.15, 0.2) is 18.2 Å². The number of benzene rings is 1. The highest BCUT2D eigenvalue weighted by molar-refractivity contribution is 6.42. The maximum Gasteiger partial charge on any atom is 0.308 e. The summed E-state index contributed by atoms with van der Waals surface area (Å²) in [5.74, 6) is -2.19. The Hall–Kier alpha value is -1.79. The molecule has 1 atom stereocenters. The van der Waals surface area contributed by atoms with Gasteiger partial charge in [-0.25, -0.2) is 0 Å². The molecule has 22 heavy (non-hydrogen) atoms. The molecular formula is C14H14Cl2N2O4. The molecule has 1 fully saturated rings. The van der Waals surface area contributed by atoms with Crippen molar-refractivity contribution in [2.75, 3.05) is 19.6 Å². The highest BCUT2D eigenvalue weighted by atomic mass is 35.5. The summed E-state index contributed by atoms with van der Waals surface area (Å²) in [7, 11) is 0. The molecule has 118 valence electrons. The van der Waals surface area contributed by atoms with Gasteiger partial charge in [0.2, 0.25) is 5.91 Å². The Morgan fingerprint density at radius 1 is 1.27 bits per heavy atom. The van der Waals surface area contributed by atoms with Crippen molar-refractivity contribution in [3.05, 3.63) is 33.8 Å². The van der Waals surface area contributed by atoms with Gasteiger partial charge in [0.15, 0.2) is 0 Å². The van der Waals surface area contributed by atoms with Gasteiger partial charge >= 0.3 is 5.97 Å². The first-order chi connectivity index (χ1) is 10.4. The van der Waals surface area contributed by atoms with E-state index >= 15 is 0 Å². The Bertz CT molecular complexity index is 621. The summed E-state index contributed by atoms with van der Waals surface area (Å²) in [4.78, 5) is 36.2. The summed E-state index contributed by atoms with van der Waals surface area (Å²) in [6, 6.07) is 4.42. The monoisotopic (exact) mass is 344 g/mol. The molecule has 6 nitrogen and oxygen atoms in total. The molecule has 0 aliphatic carbocycles. The lowest BCUT2D eigenvalue weighted by molar-refractivity contribution is -0.141. The maximum atomic E-state index is 11.9. The lowest BCUT2D eigenvalue weighted by atomic mass is 10.1. The normalized spacial score (nSPS) is 17.4. The van der Waals surface area contributed by atoms with Crippen molar-refractivity contribution in [1.29, 1.82) is 0 Å². The first-order valence-corrected chi connectivity index (χ1v) is 7.38. The first kappa shape index (κ1) is 16.6. The zero-order valence-corrected chi connectivity index (χ0v) is 13.0. The molecule has 0 aromatic heterocycles. The average molecular weight is 345 g/mol. The van der Waals surface area contributed by atoms with Crippen LogP contribution in [0.25, 0.3) is 0 Å². The Kier molecular flexibility index (Phi) is 5.26. The molecule has 1 aromatic rings. The zero-order chi connectivity index (χ0) is 16.3. The number of likely N-dealkylation sites (tertiary alicyclic amines) is 1. The van der Waals surface area contributed by atoms with E-state index in [-0.39, 0.29) is 24.0 Å². The zero-order valence-electron chi connectivity index (χ0n) is 11.5. The van der Waals surface area contributed by atoms with E-state index in [0.29, 0.717) is 23.6 Å². The molecule has 1 aliphatic rings. The standard InChI is InChI=1S/C14H14Cl2N2O4/c15-10-2-1-8(5-11(10)16)13(20)17-6-12(19)18-4-3-9(7-18)14(21)22/h1-2,5,9H,3-4,6-7H2,(H,17,20)(H,21,22). The lowest BCUT2D eigenvalue weighted by Gasteiger charge is -2.16. The van der Waals surface area contributed by atoms with Crippen molar-refractivity contribution >= 4 is 41.0 Å². The fourth-order valence-electron chi connectivity index (χ4n) is 2.20. The molecular weight excluding hydrogens is 331 g/mol. The van der Waals surface area contributed by atoms with Crippen LogP contribution in [-0.4, -0.2) is 47.4 Å². The third-order valence-electron chi connectivity index (χ3n) is 3.47. The van der Waals surface area contributed by atoms with Crippen LogP contribution >= 0.6 is 23.2 Å². The third-order valence-corrected chi connectivity index (χ3v) is 4.21. The van der Waals surface area contributed by atoms with Gasteiger partial charge in [-0.05, 0) is 24.6 Å². The number of amides is 2. The summed E-state index contributed by atoms with van der Waals surface area (Å²) >= 11 is 11.6. The van der Waals surface area contributed by atoms with E-state index in [9.17, 15) is 14.4 Å². The molecule has 0 radical (unpaired) electrons. The summed E-state index contributed by atoms with van der Waals surface area (Å²) in [6.45, 7) is 0.376. The van der Waals surface area contributed by atoms with Gasteiger partial charge in [-0.2, -0.15) is 0 Å². The Labute approximate surface area is 137 Å². The number of nitrogens with zero attached hydrogens (tertiary/aromatic N) is 1. The minimum absolute atomic E-state index is 0.177. The topological polar surface area (TPSA) is 86.7 Å². The molecule has 1 aliphatic heterocycles. The van der Waals surface area contributed by atoms with Gasteiger partial charge in [0, 0.05) is 18.7 Å². The number of hydrogen-bond donors (Lipinski definition) is 2. The summed E-state index contributed by atoms with van der Waals surface area (Å²) in [6.07, 6.45) is 0.432. The number of carbonyl (C=O) groups is 3. The number of aliphatic carboxylic acids is 1. The van der Waals surface area contributed by atoms with Gasteiger partial charge in [0.05, 0.1) is 22.5 Å². The highest BCUT2D eigenvalue weighted by Crippen LogP contribution is 2.22. The largest absolute Gasteiger partial charge is 0.481 e. The summed E-state index contributed by atoms with van der Waals surface area (Å²) in [5, 5.41) is 12.0. The van der Waals surface area contributed by atoms with Crippen molar-refractivity contribution in [1.82, 2.24) is 10.2 Å². The van der Waals surface area contributed by atoms with E-state index < -0.39 is 17.8 Å². The van der Waals surface area contributed by atoms with Crippen LogP contribution < -0.4 is 5.32 Å². The predicted molar refractivity (Wildman–Crippen MR) is 81.1 cm³/mol. The van der Waals surface area contributed by atoms with E-state index in [1.54, 1.807) is 0 Å². The van der Waals surface area contributed by atoms with E-state index in [4.69, 9.17) is 28.3 Å². The molecule has 1 unspecified atom stereocenters. The molecule has 0 saturated carbocycles. The Morgan fingerprint density at radius 3 is 2.59 bits per heavy atom. The molecule has 0 spiro atoms. The quantitative estimate of drug-likeness (QED) is 0.869. The molecule has 0 bridgehead atoms. The van der Waals surface area contributed by atoms with Crippen LogP contribution in [0.2, 0.25) is 10.0 Å². The second-order valence-electron chi connectivity index (χ2n) is 4.98. The molecule has 8 heteroatoms. The van der Waals surface area contributed by atoms with Gasteiger partial charge in [-0.15, -0.1) is 0 Å². The Balaban J connectivity index is 1.87. The second-order valence-corrected chi connectivity index (χ2v) is 5.79. The molecule has 2 N–H and O–H groups in total. The van der Waals surface area contributed by atoms with Crippen molar-refractivity contribution in [2.45, 2.75) is 6.42 Å². The lowest BCUT2D eigenvalue weighted by Crippen LogP contribution is -2.39. The van der Waals surface area contributed by atoms with Crippen LogP contribution in [-0.2, 0) is 9.59 Å². The van der Waals surface area contributed by atoms with Gasteiger partial charge < -0.3 is 15.3 Å². The second kappa shape index (κ2) is 6.98. The number of nitrogens with one attached hydrogen (secondary N) is 1. The fraction of sp³-hybridized carbons (Fsp3) is 0.357. The van der Waals surface area contributed by atoms with E-state index in [1.165, 1.54) is 23.1 Å². The van der Waals surface area contributed by atoms with Crippen LogP contribution in [0, 0.1) is 5.92 Å². The molecule has 1 saturated heterocycles. The van der Waals surface area contributed by atoms with E-state index in [0.717, 1.165) is 0 Å². The van der Waals surface area contributed by atoms with Crippen LogP contribution in [0.1, 0.15) is 16.8 Å². The van der Waals surface area contributed by atoms with Gasteiger partial charge in [0.1, 0.15) is 0 Å². The Morgan fingerprint density at radius 2 is 2.00 bits per heavy atom. The van der Waals surface area contributed by atoms with Crippen molar-refractivity contribution < 1.29 is 19.5 Å². The maximum absolute atomic E-state index is 11.9. The fourth-order valence-corrected chi connectivity index (χ4v) is 2.49. The SMILES string of the molecule is O=C(NCC(=O)N1CCC(C(=O)O)C1)c1ccc(Cl)c(Cl)c1. The van der Waals surface area contributed by atoms with Crippen LogP contribution in [0.3, 0.4) is 0 Å². The molecule has 1 heterocycles. The average Bonchev–Trinajstić information content (AvgIpc) is 2.97. The summed E-state index contributed by atoms with van der Waals surface area (Å²) < 4.78 is 0. The molecule has 2 rings (SSSR count). The van der Waals surface area contributed by atoms with Crippen LogP contribution in [0.5, 0.6) is 0 Å². The molecule has 2 amide bonds. The van der Waals surface area contributed by atoms with Crippen LogP contribution in [0.4, 0.5) is 0 Å². The first-order valence-electron chi connectivity index (χ1n) is 6.62. The van der Waals surface area contributed by atoms with Gasteiger partial charge in [-0.1, -0.05) is 23.2 Å². The smallest absolute Gasteiger partial charge is 0.308 e. The van der Waals surface area contributed by atoms with E-state index in [1.807, 2.05) is 0 Å². The molecule has 1 aromatic carbocycles. The van der Waals surface area contributed by atoms with E-state index in [2.05, 4.69) is 5.32 Å². The number of rotatable bonds is 4. The van der Waals surface area contributed by atoms with Crippen molar-refractivity contribution in [3.63, 3.8) is 0 Å². The number of halogens is 2. The number of carboxylic acids is 1. The van der Waals surface area contributed by atoms with Gasteiger partial charge in [-0.3, -0.25) is 14.4 Å². The highest BCUT2D eigenvalue weighted by Gasteiger charge is 2.30. The van der Waals surface area contributed by atoms with Crippen molar-refractivity contribution in [2.24, 2.45) is 5.92 Å². The predicted octanol–water partition coefficient (Wildman–Crippen LogP) is 1.66. The third kappa shape index (κ3) is 3.90. The summed E-state index contributed by atoms with van der Waals surface area (Å²) in [5.41, 5.74) is 0.298. The number of carbonyl (C=O) groups excluding carboxylic acids is 2. The number of hydrogen-bond acceptors (Lipinski definition) is 3. The van der Waals surface area contributed by atoms with Gasteiger partial charge in [0.25, 0.3) is 5.91 Å². The number of carboxylic acid groups (broad SMARTS) is 1.